The molecule has 1 atom stereocenters. The monoisotopic (exact) mass is 414 g/mol. The minimum absolute atomic E-state index is 0.117. The summed E-state index contributed by atoms with van der Waals surface area (Å²) in [5.41, 5.74) is 0.304. The van der Waals surface area contributed by atoms with Gasteiger partial charge >= 0.3 is 6.09 Å². The Morgan fingerprint density at radius 3 is 2.11 bits per heavy atom. The lowest BCUT2D eigenvalue weighted by molar-refractivity contribution is -0.128. The molecule has 1 fully saturated rings. The van der Waals surface area contributed by atoms with Gasteiger partial charge in [0.15, 0.2) is 5.78 Å². The largest absolute Gasteiger partial charge is 0.444 e. The van der Waals surface area contributed by atoms with E-state index in [0.29, 0.717) is 36.2 Å². The molecule has 0 aromatic heterocycles. The van der Waals surface area contributed by atoms with E-state index in [2.05, 4.69) is 4.90 Å². The smallest absolute Gasteiger partial charge is 0.410 e. The number of rotatable bonds is 4. The molecule has 1 unspecified atom stereocenters. The molecular weight excluding hydrogens is 387 g/mol. The molecule has 1 aliphatic rings. The second-order valence-corrected chi connectivity index (χ2v) is 8.95. The van der Waals surface area contributed by atoms with Gasteiger partial charge in [0, 0.05) is 32.1 Å². The first-order valence-electron chi connectivity index (χ1n) is 9.20. The van der Waals surface area contributed by atoms with Crippen molar-refractivity contribution in [1.82, 2.24) is 9.80 Å². The van der Waals surface area contributed by atoms with Crippen LogP contribution in [-0.4, -0.2) is 53.5 Å². The minimum atomic E-state index is -0.523. The molecule has 27 heavy (non-hydrogen) atoms. The zero-order valence-corrected chi connectivity index (χ0v) is 18.1. The van der Waals surface area contributed by atoms with Crippen LogP contribution in [0.5, 0.6) is 0 Å². The number of ketones is 1. The Kier molecular flexibility index (Phi) is 7.17. The van der Waals surface area contributed by atoms with Crippen molar-refractivity contribution in [3.05, 3.63) is 33.8 Å². The average molecular weight is 415 g/mol. The van der Waals surface area contributed by atoms with Crippen molar-refractivity contribution in [1.29, 1.82) is 0 Å². The standard InChI is InChI=1S/C20H28Cl2N2O3/c1-13(2)18(25)17(14-6-7-15(21)16(22)12-14)23-8-10-24(11-9-23)19(26)27-20(3,4)5/h6-7,12-13,17H,8-11H2,1-5H3. The molecule has 1 aromatic carbocycles. The molecule has 1 aliphatic heterocycles. The quantitative estimate of drug-likeness (QED) is 0.708. The van der Waals surface area contributed by atoms with Gasteiger partial charge in [0.2, 0.25) is 0 Å². The van der Waals surface area contributed by atoms with Gasteiger partial charge in [0.25, 0.3) is 0 Å². The second-order valence-electron chi connectivity index (χ2n) is 8.14. The number of amides is 1. The normalized spacial score (nSPS) is 17.1. The number of piperazine rings is 1. The van der Waals surface area contributed by atoms with E-state index >= 15 is 0 Å². The lowest BCUT2D eigenvalue weighted by Gasteiger charge is -2.39. The van der Waals surface area contributed by atoms with E-state index in [4.69, 9.17) is 27.9 Å². The molecule has 0 aliphatic carbocycles. The Labute approximate surface area is 171 Å². The van der Waals surface area contributed by atoms with Gasteiger partial charge in [0.05, 0.1) is 16.1 Å². The fourth-order valence-corrected chi connectivity index (χ4v) is 3.35. The molecule has 0 N–H and O–H groups in total. The predicted molar refractivity (Wildman–Crippen MR) is 108 cm³/mol. The van der Waals surface area contributed by atoms with Gasteiger partial charge in [-0.1, -0.05) is 43.1 Å². The molecule has 1 saturated heterocycles. The van der Waals surface area contributed by atoms with Crippen LogP contribution in [0.4, 0.5) is 4.79 Å². The van der Waals surface area contributed by atoms with Gasteiger partial charge in [-0.2, -0.15) is 0 Å². The summed E-state index contributed by atoms with van der Waals surface area (Å²) < 4.78 is 5.44. The molecular formula is C20H28Cl2N2O3. The van der Waals surface area contributed by atoms with Crippen molar-refractivity contribution < 1.29 is 14.3 Å². The first-order valence-corrected chi connectivity index (χ1v) is 9.96. The van der Waals surface area contributed by atoms with Crippen molar-refractivity contribution >= 4 is 35.1 Å². The van der Waals surface area contributed by atoms with E-state index in [0.717, 1.165) is 5.56 Å². The molecule has 5 nitrogen and oxygen atoms in total. The summed E-state index contributed by atoms with van der Waals surface area (Å²) in [4.78, 5) is 29.0. The Hall–Kier alpha value is -1.30. The van der Waals surface area contributed by atoms with Crippen LogP contribution < -0.4 is 0 Å². The van der Waals surface area contributed by atoms with E-state index in [1.54, 1.807) is 17.0 Å². The fraction of sp³-hybridized carbons (Fsp3) is 0.600. The van der Waals surface area contributed by atoms with Gasteiger partial charge in [-0.25, -0.2) is 4.79 Å². The number of nitrogens with zero attached hydrogens (tertiary/aromatic N) is 2. The first-order chi connectivity index (χ1) is 12.5. The lowest BCUT2D eigenvalue weighted by Crippen LogP contribution is -2.52. The molecule has 0 radical (unpaired) electrons. The number of carbonyl (C=O) groups is 2. The van der Waals surface area contributed by atoms with Crippen LogP contribution in [0.15, 0.2) is 18.2 Å². The highest BCUT2D eigenvalue weighted by Gasteiger charge is 2.34. The third-order valence-corrected chi connectivity index (χ3v) is 5.17. The Balaban J connectivity index is 2.15. The van der Waals surface area contributed by atoms with Crippen LogP contribution in [0.3, 0.4) is 0 Å². The van der Waals surface area contributed by atoms with Crippen molar-refractivity contribution in [2.45, 2.75) is 46.3 Å². The first kappa shape index (κ1) is 22.0. The van der Waals surface area contributed by atoms with Crippen molar-refractivity contribution in [3.63, 3.8) is 0 Å². The van der Waals surface area contributed by atoms with Crippen LogP contribution in [0, 0.1) is 5.92 Å². The number of hydrogen-bond acceptors (Lipinski definition) is 4. The van der Waals surface area contributed by atoms with E-state index in [1.807, 2.05) is 40.7 Å². The molecule has 150 valence electrons. The van der Waals surface area contributed by atoms with E-state index < -0.39 is 11.6 Å². The van der Waals surface area contributed by atoms with Gasteiger partial charge in [0.1, 0.15) is 5.60 Å². The summed E-state index contributed by atoms with van der Waals surface area (Å²) in [5, 5.41) is 0.897. The number of Topliss-reactive ketones (excluding diaryl/α,β-unsaturated/α-hetero) is 1. The predicted octanol–water partition coefficient (Wildman–Crippen LogP) is 4.81. The molecule has 1 amide bonds. The summed E-state index contributed by atoms with van der Waals surface area (Å²) in [6.45, 7) is 11.5. The molecule has 0 bridgehead atoms. The highest BCUT2D eigenvalue weighted by atomic mass is 35.5. The summed E-state index contributed by atoms with van der Waals surface area (Å²) in [6, 6.07) is 4.92. The fourth-order valence-electron chi connectivity index (χ4n) is 3.04. The Bertz CT molecular complexity index is 693. The molecule has 0 spiro atoms. The van der Waals surface area contributed by atoms with E-state index in [9.17, 15) is 9.59 Å². The summed E-state index contributed by atoms with van der Waals surface area (Å²) in [7, 11) is 0. The Morgan fingerprint density at radius 1 is 1.04 bits per heavy atom. The zero-order valence-electron chi connectivity index (χ0n) is 16.6. The van der Waals surface area contributed by atoms with Gasteiger partial charge in [-0.05, 0) is 38.5 Å². The summed E-state index contributed by atoms with van der Waals surface area (Å²) in [5.74, 6) is 0.00689. The third-order valence-electron chi connectivity index (χ3n) is 4.43. The van der Waals surface area contributed by atoms with Gasteiger partial charge < -0.3 is 9.64 Å². The number of carbonyl (C=O) groups excluding carboxylic acids is 2. The molecule has 2 rings (SSSR count). The maximum absolute atomic E-state index is 12.9. The molecule has 0 saturated carbocycles. The number of halogens is 2. The molecule has 7 heteroatoms. The maximum Gasteiger partial charge on any atom is 0.410 e. The van der Waals surface area contributed by atoms with Gasteiger partial charge in [-0.15, -0.1) is 0 Å². The number of hydrogen-bond donors (Lipinski definition) is 0. The lowest BCUT2D eigenvalue weighted by atomic mass is 9.93. The zero-order chi connectivity index (χ0) is 20.4. The van der Waals surface area contributed by atoms with Crippen LogP contribution in [0.25, 0.3) is 0 Å². The topological polar surface area (TPSA) is 49.9 Å². The summed E-state index contributed by atoms with van der Waals surface area (Å²) in [6.07, 6.45) is -0.316. The third kappa shape index (κ3) is 5.84. The van der Waals surface area contributed by atoms with Crippen LogP contribution in [0.2, 0.25) is 10.0 Å². The molecule has 1 heterocycles. The maximum atomic E-state index is 12.9. The van der Waals surface area contributed by atoms with E-state index in [1.165, 1.54) is 0 Å². The average Bonchev–Trinajstić information content (AvgIpc) is 2.57. The highest BCUT2D eigenvalue weighted by Crippen LogP contribution is 2.31. The minimum Gasteiger partial charge on any atom is -0.444 e. The van der Waals surface area contributed by atoms with Crippen molar-refractivity contribution in [2.24, 2.45) is 5.92 Å². The number of benzene rings is 1. The van der Waals surface area contributed by atoms with Crippen molar-refractivity contribution in [2.75, 3.05) is 26.2 Å². The summed E-state index contributed by atoms with van der Waals surface area (Å²) >= 11 is 12.2. The number of ether oxygens (including phenoxy) is 1. The molecule has 1 aromatic rings. The van der Waals surface area contributed by atoms with Crippen LogP contribution >= 0.6 is 23.2 Å². The van der Waals surface area contributed by atoms with Crippen molar-refractivity contribution in [3.8, 4) is 0 Å². The highest BCUT2D eigenvalue weighted by molar-refractivity contribution is 6.42. The second kappa shape index (κ2) is 8.80. The van der Waals surface area contributed by atoms with Crippen LogP contribution in [0.1, 0.15) is 46.2 Å². The van der Waals surface area contributed by atoms with Gasteiger partial charge in [-0.3, -0.25) is 9.69 Å². The van der Waals surface area contributed by atoms with E-state index in [-0.39, 0.29) is 17.8 Å². The SMILES string of the molecule is CC(C)C(=O)C(c1ccc(Cl)c(Cl)c1)N1CCN(C(=O)OC(C)(C)C)CC1. The Morgan fingerprint density at radius 2 is 1.63 bits per heavy atom. The van der Waals surface area contributed by atoms with Crippen LogP contribution in [-0.2, 0) is 9.53 Å².